The minimum Gasteiger partial charge on any atom is -0.381 e. The van der Waals surface area contributed by atoms with Crippen molar-refractivity contribution in [2.45, 2.75) is 51.4 Å². The second kappa shape index (κ2) is 6.66. The maximum Gasteiger partial charge on any atom is 0.228 e. The van der Waals surface area contributed by atoms with E-state index < -0.39 is 0 Å². The molecule has 0 aromatic carbocycles. The molecule has 0 unspecified atom stereocenters. The van der Waals surface area contributed by atoms with Gasteiger partial charge in [-0.1, -0.05) is 6.42 Å². The van der Waals surface area contributed by atoms with Gasteiger partial charge in [-0.25, -0.2) is 0 Å². The Morgan fingerprint density at radius 1 is 1.08 bits per heavy atom. The summed E-state index contributed by atoms with van der Waals surface area (Å²) in [5.41, 5.74) is -0.176. The lowest BCUT2D eigenvalue weighted by Gasteiger charge is -2.32. The highest BCUT2D eigenvalue weighted by Gasteiger charge is 2.48. The lowest BCUT2D eigenvalue weighted by Crippen LogP contribution is -2.40. The van der Waals surface area contributed by atoms with E-state index in [0.717, 1.165) is 64.2 Å². The average Bonchev–Trinajstić information content (AvgIpc) is 3.10. The van der Waals surface area contributed by atoms with E-state index in [2.05, 4.69) is 4.90 Å². The summed E-state index contributed by atoms with van der Waals surface area (Å²) < 4.78 is 5.37. The molecule has 3 heterocycles. The number of likely N-dealkylation sites (tertiary alicyclic amines) is 2. The van der Waals surface area contributed by atoms with Gasteiger partial charge in [0.25, 0.3) is 0 Å². The first-order valence-electron chi connectivity index (χ1n) is 9.84. The number of carbonyl (C=O) groups is 2. The summed E-state index contributed by atoms with van der Waals surface area (Å²) in [6, 6.07) is 0. The number of hydrogen-bond donors (Lipinski definition) is 0. The smallest absolute Gasteiger partial charge is 0.228 e. The van der Waals surface area contributed by atoms with Gasteiger partial charge in [0.2, 0.25) is 11.8 Å². The molecule has 1 aliphatic carbocycles. The van der Waals surface area contributed by atoms with E-state index >= 15 is 0 Å². The lowest BCUT2D eigenvalue weighted by molar-refractivity contribution is -0.139. The van der Waals surface area contributed by atoms with Crippen LogP contribution in [0.5, 0.6) is 0 Å². The monoisotopic (exact) mass is 334 g/mol. The van der Waals surface area contributed by atoms with Crippen molar-refractivity contribution in [3.8, 4) is 0 Å². The summed E-state index contributed by atoms with van der Waals surface area (Å²) in [7, 11) is 0. The minimum absolute atomic E-state index is 0.0495. The van der Waals surface area contributed by atoms with E-state index in [-0.39, 0.29) is 17.2 Å². The van der Waals surface area contributed by atoms with E-state index in [9.17, 15) is 9.59 Å². The highest BCUT2D eigenvalue weighted by atomic mass is 16.5. The molecule has 1 spiro atoms. The van der Waals surface area contributed by atoms with Gasteiger partial charge in [0.15, 0.2) is 0 Å². The zero-order valence-corrected chi connectivity index (χ0v) is 14.7. The van der Waals surface area contributed by atoms with Crippen LogP contribution < -0.4 is 0 Å². The fourth-order valence-electron chi connectivity index (χ4n) is 4.92. The number of carbonyl (C=O) groups excluding carboxylic acids is 2. The zero-order chi connectivity index (χ0) is 16.6. The fraction of sp³-hybridized carbons (Fsp3) is 0.895. The topological polar surface area (TPSA) is 49.9 Å². The van der Waals surface area contributed by atoms with Crippen molar-refractivity contribution < 1.29 is 14.3 Å². The molecule has 2 amide bonds. The summed E-state index contributed by atoms with van der Waals surface area (Å²) in [4.78, 5) is 29.8. The minimum atomic E-state index is -0.176. The van der Waals surface area contributed by atoms with Gasteiger partial charge in [0, 0.05) is 32.8 Å². The van der Waals surface area contributed by atoms with E-state index in [0.29, 0.717) is 19.1 Å². The van der Waals surface area contributed by atoms with Crippen LogP contribution in [0.1, 0.15) is 51.4 Å². The van der Waals surface area contributed by atoms with Gasteiger partial charge in [0.1, 0.15) is 0 Å². The van der Waals surface area contributed by atoms with Crippen LogP contribution in [0.3, 0.4) is 0 Å². The Morgan fingerprint density at radius 3 is 2.62 bits per heavy atom. The first-order chi connectivity index (χ1) is 11.7. The van der Waals surface area contributed by atoms with Crippen LogP contribution in [0.15, 0.2) is 0 Å². The predicted molar refractivity (Wildman–Crippen MR) is 90.3 cm³/mol. The molecule has 0 bridgehead atoms. The van der Waals surface area contributed by atoms with Crippen molar-refractivity contribution in [1.29, 1.82) is 0 Å². The molecule has 0 radical (unpaired) electrons. The van der Waals surface area contributed by atoms with E-state index in [1.54, 1.807) is 0 Å². The maximum atomic E-state index is 13.0. The van der Waals surface area contributed by atoms with Gasteiger partial charge in [-0.3, -0.25) is 9.59 Å². The predicted octanol–water partition coefficient (Wildman–Crippen LogP) is 2.05. The number of hydrogen-bond acceptors (Lipinski definition) is 3. The normalized spacial score (nSPS) is 34.7. The summed E-state index contributed by atoms with van der Waals surface area (Å²) in [5.74, 6) is 1.43. The Kier molecular flexibility index (Phi) is 4.54. The highest BCUT2D eigenvalue weighted by Crippen LogP contribution is 2.43. The first-order valence-corrected chi connectivity index (χ1v) is 9.84. The third-order valence-corrected chi connectivity index (χ3v) is 6.84. The Labute approximate surface area is 144 Å². The Bertz CT molecular complexity index is 499. The summed E-state index contributed by atoms with van der Waals surface area (Å²) in [6.07, 6.45) is 8.54. The molecule has 4 fully saturated rings. The molecule has 2 atom stereocenters. The van der Waals surface area contributed by atoms with Crippen molar-refractivity contribution in [1.82, 2.24) is 9.80 Å². The Hall–Kier alpha value is -1.10. The molecule has 3 saturated heterocycles. The van der Waals surface area contributed by atoms with Crippen molar-refractivity contribution >= 4 is 11.8 Å². The van der Waals surface area contributed by atoms with Crippen LogP contribution in [-0.2, 0) is 14.3 Å². The molecule has 0 N–H and O–H groups in total. The highest BCUT2D eigenvalue weighted by molar-refractivity contribution is 5.85. The van der Waals surface area contributed by atoms with Gasteiger partial charge in [-0.2, -0.15) is 0 Å². The molecule has 3 aliphatic heterocycles. The van der Waals surface area contributed by atoms with E-state index in [1.165, 1.54) is 19.3 Å². The molecule has 0 aromatic heterocycles. The largest absolute Gasteiger partial charge is 0.381 e. The number of ether oxygens (including phenoxy) is 1. The molecule has 0 aromatic rings. The molecular formula is C19H30N2O3. The first kappa shape index (κ1) is 16.4. The van der Waals surface area contributed by atoms with Crippen LogP contribution in [0, 0.1) is 17.3 Å². The maximum absolute atomic E-state index is 13.0. The summed E-state index contributed by atoms with van der Waals surface area (Å²) in [5, 5.41) is 0. The fourth-order valence-corrected chi connectivity index (χ4v) is 4.92. The SMILES string of the molecule is O=C([C@H]1CCOC1)N1CCC[C@]2(CC1)CCN(CC1CCC1)C2=O. The number of nitrogens with zero attached hydrogens (tertiary/aromatic N) is 2. The third-order valence-electron chi connectivity index (χ3n) is 6.84. The van der Waals surface area contributed by atoms with E-state index in [4.69, 9.17) is 4.74 Å². The second-order valence-electron chi connectivity index (χ2n) is 8.32. The molecule has 5 nitrogen and oxygen atoms in total. The molecular weight excluding hydrogens is 304 g/mol. The van der Waals surface area contributed by atoms with Crippen LogP contribution in [0.4, 0.5) is 0 Å². The molecule has 134 valence electrons. The van der Waals surface area contributed by atoms with Crippen LogP contribution in [0.2, 0.25) is 0 Å². The summed E-state index contributed by atoms with van der Waals surface area (Å²) in [6.45, 7) is 4.76. The van der Waals surface area contributed by atoms with Crippen molar-refractivity contribution in [2.75, 3.05) is 39.4 Å². The Morgan fingerprint density at radius 2 is 1.92 bits per heavy atom. The van der Waals surface area contributed by atoms with Gasteiger partial charge >= 0.3 is 0 Å². The van der Waals surface area contributed by atoms with Gasteiger partial charge in [-0.05, 0) is 50.9 Å². The van der Waals surface area contributed by atoms with Crippen LogP contribution in [-0.4, -0.2) is 61.0 Å². The molecule has 4 aliphatic rings. The van der Waals surface area contributed by atoms with Crippen LogP contribution in [0.25, 0.3) is 0 Å². The van der Waals surface area contributed by atoms with Gasteiger partial charge < -0.3 is 14.5 Å². The standard InChI is InChI=1S/C19H30N2O3/c22-17(16-5-12-24-14-16)20-9-2-6-19(7-10-20)8-11-21(18(19)23)13-15-3-1-4-15/h15-16H,1-14H2/t16-,19-/m0/s1. The van der Waals surface area contributed by atoms with Crippen molar-refractivity contribution in [3.05, 3.63) is 0 Å². The molecule has 4 rings (SSSR count). The molecule has 24 heavy (non-hydrogen) atoms. The molecule has 1 saturated carbocycles. The van der Waals surface area contributed by atoms with Gasteiger partial charge in [-0.15, -0.1) is 0 Å². The Balaban J connectivity index is 1.37. The quantitative estimate of drug-likeness (QED) is 0.794. The third kappa shape index (κ3) is 2.96. The number of amides is 2. The lowest BCUT2D eigenvalue weighted by atomic mass is 9.79. The zero-order valence-electron chi connectivity index (χ0n) is 14.7. The van der Waals surface area contributed by atoms with Crippen molar-refractivity contribution in [3.63, 3.8) is 0 Å². The van der Waals surface area contributed by atoms with E-state index in [1.807, 2.05) is 4.90 Å². The van der Waals surface area contributed by atoms with Gasteiger partial charge in [0.05, 0.1) is 17.9 Å². The van der Waals surface area contributed by atoms with Crippen molar-refractivity contribution in [2.24, 2.45) is 17.3 Å². The van der Waals surface area contributed by atoms with Crippen LogP contribution >= 0.6 is 0 Å². The molecule has 5 heteroatoms. The average molecular weight is 334 g/mol. The number of rotatable bonds is 3. The summed E-state index contributed by atoms with van der Waals surface area (Å²) >= 11 is 0. The second-order valence-corrected chi connectivity index (χ2v) is 8.32.